The molecule has 0 spiro atoms. The number of hydrogen-bond acceptors (Lipinski definition) is 3. The third kappa shape index (κ3) is 1.30. The maximum atomic E-state index is 8.29. The second-order valence-electron chi connectivity index (χ2n) is 3.98. The molecule has 2 aliphatic heterocycles. The van der Waals surface area contributed by atoms with E-state index in [0.717, 1.165) is 18.8 Å². The van der Waals surface area contributed by atoms with Crippen molar-refractivity contribution in [1.82, 2.24) is 9.80 Å². The normalized spacial score (nSPS) is 30.5. The van der Waals surface area contributed by atoms with Gasteiger partial charge in [-0.05, 0) is 18.4 Å². The Morgan fingerprint density at radius 1 is 1.64 bits per heavy atom. The fourth-order valence-electron chi connectivity index (χ4n) is 2.37. The zero-order valence-electron chi connectivity index (χ0n) is 8.43. The van der Waals surface area contributed by atoms with E-state index in [9.17, 15) is 0 Å². The molecule has 0 aliphatic carbocycles. The van der Waals surface area contributed by atoms with Gasteiger partial charge in [0.1, 0.15) is 0 Å². The van der Waals surface area contributed by atoms with Crippen LogP contribution in [-0.2, 0) is 0 Å². The Bertz CT molecular complexity index is 294. The quantitative estimate of drug-likeness (QED) is 0.379. The van der Waals surface area contributed by atoms with Crippen molar-refractivity contribution in [2.24, 2.45) is 5.11 Å². The first-order chi connectivity index (χ1) is 6.74. The molecule has 0 unspecified atom stereocenters. The summed E-state index contributed by atoms with van der Waals surface area (Å²) in [5.74, 6) is 1.07. The van der Waals surface area contributed by atoms with Crippen molar-refractivity contribution in [1.29, 1.82) is 0 Å². The first kappa shape index (κ1) is 9.21. The van der Waals surface area contributed by atoms with Gasteiger partial charge in [0.15, 0.2) is 0 Å². The van der Waals surface area contributed by atoms with E-state index in [-0.39, 0.29) is 0 Å². The van der Waals surface area contributed by atoms with E-state index < -0.39 is 0 Å². The molecule has 0 N–H and O–H groups in total. The average Bonchev–Trinajstić information content (AvgIpc) is 2.44. The van der Waals surface area contributed by atoms with Crippen molar-refractivity contribution in [3.8, 4) is 0 Å². The maximum absolute atomic E-state index is 8.29. The minimum atomic E-state index is 0.361. The van der Waals surface area contributed by atoms with Crippen LogP contribution in [0.4, 0.5) is 0 Å². The molecule has 2 heterocycles. The van der Waals surface area contributed by atoms with Gasteiger partial charge >= 0.3 is 0 Å². The van der Waals surface area contributed by atoms with Crippen LogP contribution < -0.4 is 0 Å². The van der Waals surface area contributed by atoms with Gasteiger partial charge in [-0.15, -0.1) is 0 Å². The standard InChI is InChI=1S/C9H15N5/c1-7-13(2)9-4-3-8(5-11-12-10)14(7)6-9/h8-9H,1,3-6H2,2H3/t8-,9+/m0/s1. The summed E-state index contributed by atoms with van der Waals surface area (Å²) < 4.78 is 0. The molecule has 0 aromatic heterocycles. The Morgan fingerprint density at radius 3 is 3.14 bits per heavy atom. The molecular weight excluding hydrogens is 178 g/mol. The lowest BCUT2D eigenvalue weighted by atomic mass is 10.0. The van der Waals surface area contributed by atoms with Crippen molar-refractivity contribution in [3.63, 3.8) is 0 Å². The van der Waals surface area contributed by atoms with Gasteiger partial charge in [0.2, 0.25) is 0 Å². The number of fused-ring (bicyclic) bond motifs is 2. The molecule has 5 heteroatoms. The van der Waals surface area contributed by atoms with E-state index in [0.29, 0.717) is 18.6 Å². The fraction of sp³-hybridized carbons (Fsp3) is 0.778. The van der Waals surface area contributed by atoms with E-state index in [2.05, 4.69) is 33.5 Å². The minimum absolute atomic E-state index is 0.361. The lowest BCUT2D eigenvalue weighted by Gasteiger charge is -2.31. The van der Waals surface area contributed by atoms with Gasteiger partial charge in [-0.2, -0.15) is 0 Å². The Morgan fingerprint density at radius 2 is 2.43 bits per heavy atom. The number of piperidine rings is 1. The van der Waals surface area contributed by atoms with Gasteiger partial charge in [0, 0.05) is 37.1 Å². The third-order valence-electron chi connectivity index (χ3n) is 3.32. The zero-order chi connectivity index (χ0) is 10.1. The highest BCUT2D eigenvalue weighted by molar-refractivity contribution is 5.09. The first-order valence-electron chi connectivity index (χ1n) is 4.93. The molecule has 0 aromatic rings. The third-order valence-corrected chi connectivity index (χ3v) is 3.32. The average molecular weight is 193 g/mol. The predicted octanol–water partition coefficient (Wildman–Crippen LogP) is 1.55. The van der Waals surface area contributed by atoms with E-state index in [1.807, 2.05) is 0 Å². The van der Waals surface area contributed by atoms with Crippen molar-refractivity contribution < 1.29 is 0 Å². The van der Waals surface area contributed by atoms with Crippen LogP contribution in [0.5, 0.6) is 0 Å². The summed E-state index contributed by atoms with van der Waals surface area (Å²) in [4.78, 5) is 7.31. The van der Waals surface area contributed by atoms with Crippen LogP contribution in [0.3, 0.4) is 0 Å². The SMILES string of the molecule is C=C1N(C)[C@@H]2CC[C@@H](CN=[N+]=[N-])N1C2. The second kappa shape index (κ2) is 3.42. The van der Waals surface area contributed by atoms with Crippen LogP contribution in [0.1, 0.15) is 12.8 Å². The van der Waals surface area contributed by atoms with E-state index in [4.69, 9.17) is 5.53 Å². The lowest BCUT2D eigenvalue weighted by molar-refractivity contribution is 0.229. The molecular formula is C9H15N5. The number of hydrogen-bond donors (Lipinski definition) is 0. The van der Waals surface area contributed by atoms with Gasteiger partial charge < -0.3 is 9.80 Å². The highest BCUT2D eigenvalue weighted by Crippen LogP contribution is 2.32. The van der Waals surface area contributed by atoms with Crippen LogP contribution in [0.15, 0.2) is 17.5 Å². The molecule has 76 valence electrons. The summed E-state index contributed by atoms with van der Waals surface area (Å²) in [6, 6.07) is 0.976. The molecule has 0 aromatic carbocycles. The Labute approximate surface area is 83.6 Å². The topological polar surface area (TPSA) is 55.2 Å². The van der Waals surface area contributed by atoms with Crippen LogP contribution in [0, 0.1) is 0 Å². The number of nitrogens with zero attached hydrogens (tertiary/aromatic N) is 5. The molecule has 2 fully saturated rings. The molecule has 2 saturated heterocycles. The van der Waals surface area contributed by atoms with Gasteiger partial charge in [0.25, 0.3) is 0 Å². The molecule has 2 aliphatic rings. The lowest BCUT2D eigenvalue weighted by Crippen LogP contribution is -2.39. The van der Waals surface area contributed by atoms with Crippen LogP contribution in [0.2, 0.25) is 0 Å². The fourth-order valence-corrected chi connectivity index (χ4v) is 2.37. The Kier molecular flexibility index (Phi) is 2.25. The summed E-state index contributed by atoms with van der Waals surface area (Å²) in [5, 5.41) is 3.65. The summed E-state index contributed by atoms with van der Waals surface area (Å²) in [7, 11) is 2.09. The molecule has 2 atom stereocenters. The second-order valence-corrected chi connectivity index (χ2v) is 3.98. The van der Waals surface area contributed by atoms with Gasteiger partial charge in [-0.25, -0.2) is 0 Å². The highest BCUT2D eigenvalue weighted by Gasteiger charge is 2.38. The van der Waals surface area contributed by atoms with Crippen molar-refractivity contribution in [2.75, 3.05) is 20.1 Å². The molecule has 2 bridgehead atoms. The van der Waals surface area contributed by atoms with Gasteiger partial charge in [-0.1, -0.05) is 11.7 Å². The van der Waals surface area contributed by atoms with Crippen LogP contribution in [0.25, 0.3) is 10.4 Å². The maximum Gasteiger partial charge on any atom is 0.0968 e. The number of rotatable bonds is 2. The smallest absolute Gasteiger partial charge is 0.0968 e. The van der Waals surface area contributed by atoms with Crippen molar-refractivity contribution >= 4 is 0 Å². The van der Waals surface area contributed by atoms with Gasteiger partial charge in [0.05, 0.1) is 5.82 Å². The summed E-state index contributed by atoms with van der Waals surface area (Å²) in [6.07, 6.45) is 2.28. The van der Waals surface area contributed by atoms with Gasteiger partial charge in [-0.3, -0.25) is 0 Å². The Balaban J connectivity index is 2.09. The number of likely N-dealkylation sites (N-methyl/N-ethyl adjacent to an activating group) is 1. The van der Waals surface area contributed by atoms with E-state index in [1.165, 1.54) is 6.42 Å². The minimum Gasteiger partial charge on any atom is -0.357 e. The summed E-state index contributed by atoms with van der Waals surface area (Å²) >= 11 is 0. The van der Waals surface area contributed by atoms with Crippen LogP contribution >= 0.6 is 0 Å². The molecule has 0 radical (unpaired) electrons. The molecule has 5 nitrogen and oxygen atoms in total. The zero-order valence-corrected chi connectivity index (χ0v) is 8.43. The summed E-state index contributed by atoms with van der Waals surface area (Å²) in [6.45, 7) is 5.66. The summed E-state index contributed by atoms with van der Waals surface area (Å²) in [5.41, 5.74) is 8.29. The molecule has 14 heavy (non-hydrogen) atoms. The van der Waals surface area contributed by atoms with Crippen LogP contribution in [-0.4, -0.2) is 42.0 Å². The Hall–Kier alpha value is -1.35. The van der Waals surface area contributed by atoms with E-state index >= 15 is 0 Å². The predicted molar refractivity (Wildman–Crippen MR) is 54.4 cm³/mol. The van der Waals surface area contributed by atoms with Crippen molar-refractivity contribution in [2.45, 2.75) is 24.9 Å². The molecule has 0 amide bonds. The van der Waals surface area contributed by atoms with Crippen molar-refractivity contribution in [3.05, 3.63) is 22.8 Å². The molecule has 2 rings (SSSR count). The monoisotopic (exact) mass is 193 g/mol. The highest BCUT2D eigenvalue weighted by atomic mass is 15.4. The van der Waals surface area contributed by atoms with E-state index in [1.54, 1.807) is 0 Å². The first-order valence-corrected chi connectivity index (χ1v) is 4.93. The number of azide groups is 1. The molecule has 0 saturated carbocycles. The largest absolute Gasteiger partial charge is 0.357 e.